The number of non-ortho nitro benzene ring substituents is 1. The van der Waals surface area contributed by atoms with Crippen LogP contribution in [0.3, 0.4) is 0 Å². The molecule has 0 saturated carbocycles. The van der Waals surface area contributed by atoms with Crippen molar-refractivity contribution in [3.63, 3.8) is 0 Å². The molecule has 2 rings (SSSR count). The minimum atomic E-state index is -3.50. The van der Waals surface area contributed by atoms with Crippen molar-refractivity contribution in [2.24, 2.45) is 0 Å². The van der Waals surface area contributed by atoms with E-state index in [1.165, 1.54) is 26.4 Å². The maximum absolute atomic E-state index is 12.8. The number of hydrogen-bond donors (Lipinski definition) is 1. The molecule has 8 heteroatoms. The first kappa shape index (κ1) is 17.1. The Hall–Kier alpha value is -2.21. The van der Waals surface area contributed by atoms with E-state index in [2.05, 4.69) is 5.32 Å². The van der Waals surface area contributed by atoms with Gasteiger partial charge >= 0.3 is 7.60 Å². The lowest BCUT2D eigenvalue weighted by molar-refractivity contribution is -0.384. The second-order valence-corrected chi connectivity index (χ2v) is 7.00. The number of nitro benzene ring substituents is 1. The van der Waals surface area contributed by atoms with Gasteiger partial charge in [-0.1, -0.05) is 36.4 Å². The smallest absolute Gasteiger partial charge is 0.356 e. The lowest BCUT2D eigenvalue weighted by Gasteiger charge is -2.26. The largest absolute Gasteiger partial charge is 0.368 e. The highest BCUT2D eigenvalue weighted by Crippen LogP contribution is 2.59. The number of nitro groups is 1. The Kier molecular flexibility index (Phi) is 5.50. The van der Waals surface area contributed by atoms with E-state index in [0.717, 1.165) is 0 Å². The fourth-order valence-corrected chi connectivity index (χ4v) is 3.55. The summed E-state index contributed by atoms with van der Waals surface area (Å²) in [6, 6.07) is 14.9. The van der Waals surface area contributed by atoms with Crippen LogP contribution in [0.15, 0.2) is 54.6 Å². The summed E-state index contributed by atoms with van der Waals surface area (Å²) in [5.74, 6) is -0.791. The third kappa shape index (κ3) is 3.96. The zero-order chi connectivity index (χ0) is 16.9. The maximum atomic E-state index is 12.8. The van der Waals surface area contributed by atoms with Crippen LogP contribution in [0.5, 0.6) is 0 Å². The van der Waals surface area contributed by atoms with Gasteiger partial charge in [-0.3, -0.25) is 14.7 Å². The van der Waals surface area contributed by atoms with Crippen molar-refractivity contribution in [1.82, 2.24) is 0 Å². The summed E-state index contributed by atoms with van der Waals surface area (Å²) in [5.41, 5.74) is 1.07. The van der Waals surface area contributed by atoms with Crippen LogP contribution in [0.4, 0.5) is 11.4 Å². The molecule has 2 aromatic rings. The Labute approximate surface area is 133 Å². The number of nitrogens with zero attached hydrogens (tertiary/aromatic N) is 1. The molecule has 0 aliphatic carbocycles. The summed E-state index contributed by atoms with van der Waals surface area (Å²) in [4.78, 5) is 10.4. The van der Waals surface area contributed by atoms with E-state index in [4.69, 9.17) is 9.05 Å². The molecule has 7 nitrogen and oxygen atoms in total. The van der Waals surface area contributed by atoms with E-state index in [1.807, 2.05) is 6.07 Å². The van der Waals surface area contributed by atoms with Crippen LogP contribution in [-0.4, -0.2) is 19.1 Å². The lowest BCUT2D eigenvalue weighted by Crippen LogP contribution is -2.13. The third-order valence-corrected chi connectivity index (χ3v) is 5.38. The van der Waals surface area contributed by atoms with E-state index >= 15 is 0 Å². The van der Waals surface area contributed by atoms with Gasteiger partial charge in [0.05, 0.1) is 4.92 Å². The van der Waals surface area contributed by atoms with E-state index in [9.17, 15) is 14.7 Å². The molecular formula is C15H17N2O5P. The normalized spacial score (nSPS) is 12.6. The first-order valence-corrected chi connectivity index (χ1v) is 8.38. The molecule has 122 valence electrons. The van der Waals surface area contributed by atoms with Crippen LogP contribution in [0.25, 0.3) is 0 Å². The van der Waals surface area contributed by atoms with Gasteiger partial charge in [0.2, 0.25) is 0 Å². The Morgan fingerprint density at radius 1 is 1.09 bits per heavy atom. The average molecular weight is 336 g/mol. The van der Waals surface area contributed by atoms with Gasteiger partial charge in [-0.2, -0.15) is 0 Å². The van der Waals surface area contributed by atoms with Crippen LogP contribution in [0.1, 0.15) is 11.3 Å². The number of benzene rings is 2. The molecule has 0 saturated heterocycles. The second kappa shape index (κ2) is 7.37. The number of rotatable bonds is 7. The SMILES string of the molecule is COP(=O)(OC)C(Nc1cccc([N+](=O)[O-])c1)c1ccccc1. The van der Waals surface area contributed by atoms with E-state index < -0.39 is 18.3 Å². The third-order valence-electron chi connectivity index (χ3n) is 3.30. The second-order valence-electron chi connectivity index (χ2n) is 4.67. The Balaban J connectivity index is 2.41. The molecule has 0 fully saturated rings. The van der Waals surface area contributed by atoms with Gasteiger partial charge in [0.1, 0.15) is 0 Å². The predicted octanol–water partition coefficient (Wildman–Crippen LogP) is 4.19. The van der Waals surface area contributed by atoms with Gasteiger partial charge in [-0.05, 0) is 11.6 Å². The van der Waals surface area contributed by atoms with Gasteiger partial charge in [0, 0.05) is 32.0 Å². The molecule has 0 radical (unpaired) electrons. The van der Waals surface area contributed by atoms with Crippen LogP contribution >= 0.6 is 7.60 Å². The number of nitrogens with one attached hydrogen (secondary N) is 1. The molecule has 2 aromatic carbocycles. The zero-order valence-electron chi connectivity index (χ0n) is 12.7. The van der Waals surface area contributed by atoms with Gasteiger partial charge in [0.25, 0.3) is 5.69 Å². The monoisotopic (exact) mass is 336 g/mol. The zero-order valence-corrected chi connectivity index (χ0v) is 13.6. The molecule has 0 aliphatic heterocycles. The molecule has 0 heterocycles. The first-order chi connectivity index (χ1) is 11.0. The molecule has 0 aliphatic rings. The van der Waals surface area contributed by atoms with E-state index in [0.29, 0.717) is 11.3 Å². The molecule has 23 heavy (non-hydrogen) atoms. The lowest BCUT2D eigenvalue weighted by atomic mass is 10.2. The summed E-state index contributed by atoms with van der Waals surface area (Å²) in [6.45, 7) is 0. The summed E-state index contributed by atoms with van der Waals surface area (Å²) in [5, 5.41) is 13.9. The molecule has 1 atom stereocenters. The van der Waals surface area contributed by atoms with Crippen LogP contribution in [0, 0.1) is 10.1 Å². The topological polar surface area (TPSA) is 90.7 Å². The van der Waals surface area contributed by atoms with Crippen LogP contribution in [-0.2, 0) is 13.6 Å². The summed E-state index contributed by atoms with van der Waals surface area (Å²) < 4.78 is 23.0. The van der Waals surface area contributed by atoms with Crippen molar-refractivity contribution >= 4 is 19.0 Å². The van der Waals surface area contributed by atoms with Gasteiger partial charge in [-0.25, -0.2) is 0 Å². The Morgan fingerprint density at radius 2 is 1.74 bits per heavy atom. The van der Waals surface area contributed by atoms with E-state index in [1.54, 1.807) is 36.4 Å². The quantitative estimate of drug-likeness (QED) is 0.463. The highest BCUT2D eigenvalue weighted by Gasteiger charge is 2.35. The summed E-state index contributed by atoms with van der Waals surface area (Å²) in [7, 11) is -0.897. The maximum Gasteiger partial charge on any atom is 0.356 e. The highest BCUT2D eigenvalue weighted by molar-refractivity contribution is 7.54. The molecule has 1 unspecified atom stereocenters. The van der Waals surface area contributed by atoms with Crippen molar-refractivity contribution in [3.05, 3.63) is 70.3 Å². The fraction of sp³-hybridized carbons (Fsp3) is 0.200. The van der Waals surface area contributed by atoms with Gasteiger partial charge < -0.3 is 14.4 Å². The fourth-order valence-electron chi connectivity index (χ4n) is 2.13. The molecule has 0 amide bonds. The van der Waals surface area contributed by atoms with Gasteiger partial charge in [0.15, 0.2) is 5.78 Å². The van der Waals surface area contributed by atoms with Crippen molar-refractivity contribution in [2.45, 2.75) is 5.78 Å². The van der Waals surface area contributed by atoms with Crippen molar-refractivity contribution < 1.29 is 18.5 Å². The van der Waals surface area contributed by atoms with Crippen LogP contribution in [0.2, 0.25) is 0 Å². The Bertz CT molecular complexity index is 715. The van der Waals surface area contributed by atoms with Crippen molar-refractivity contribution in [3.8, 4) is 0 Å². The molecular weight excluding hydrogens is 319 g/mol. The van der Waals surface area contributed by atoms with Crippen molar-refractivity contribution in [2.75, 3.05) is 19.5 Å². The highest BCUT2D eigenvalue weighted by atomic mass is 31.2. The standard InChI is InChI=1S/C15H17N2O5P/c1-21-23(20,22-2)15(12-7-4-3-5-8-12)16-13-9-6-10-14(11-13)17(18)19/h3-11,15-16H,1-2H3. The molecule has 0 spiro atoms. The van der Waals surface area contributed by atoms with Crippen LogP contribution < -0.4 is 5.32 Å². The van der Waals surface area contributed by atoms with E-state index in [-0.39, 0.29) is 5.69 Å². The number of hydrogen-bond acceptors (Lipinski definition) is 6. The molecule has 1 N–H and O–H groups in total. The van der Waals surface area contributed by atoms with Gasteiger partial charge in [-0.15, -0.1) is 0 Å². The summed E-state index contributed by atoms with van der Waals surface area (Å²) >= 11 is 0. The minimum Gasteiger partial charge on any atom is -0.368 e. The first-order valence-electron chi connectivity index (χ1n) is 6.77. The predicted molar refractivity (Wildman–Crippen MR) is 87.5 cm³/mol. The minimum absolute atomic E-state index is 0.0634. The molecule has 0 aromatic heterocycles. The summed E-state index contributed by atoms with van der Waals surface area (Å²) in [6.07, 6.45) is 0. The van der Waals surface area contributed by atoms with Crippen molar-refractivity contribution in [1.29, 1.82) is 0 Å². The number of anilines is 1. The molecule has 0 bridgehead atoms. The Morgan fingerprint density at radius 3 is 2.30 bits per heavy atom. The average Bonchev–Trinajstić information content (AvgIpc) is 2.60.